The van der Waals surface area contributed by atoms with Crippen molar-refractivity contribution >= 4 is 46.6 Å². The van der Waals surface area contributed by atoms with Gasteiger partial charge in [0.1, 0.15) is 30.0 Å². The number of pyridine rings is 1. The van der Waals surface area contributed by atoms with E-state index in [-0.39, 0.29) is 46.9 Å². The minimum atomic E-state index is -1.16. The van der Waals surface area contributed by atoms with Gasteiger partial charge in [-0.15, -0.1) is 0 Å². The van der Waals surface area contributed by atoms with E-state index in [9.17, 15) is 19.1 Å². The number of hydrogen-bond donors (Lipinski definition) is 4. The molecule has 0 saturated heterocycles. The van der Waals surface area contributed by atoms with Crippen LogP contribution in [-0.4, -0.2) is 46.4 Å². The molecule has 58 heavy (non-hydrogen) atoms. The fourth-order valence-corrected chi connectivity index (χ4v) is 9.39. The zero-order chi connectivity index (χ0) is 40.7. The quantitative estimate of drug-likeness (QED) is 0.0737. The van der Waals surface area contributed by atoms with Crippen LogP contribution in [0.15, 0.2) is 114 Å². The highest BCUT2D eigenvalue weighted by molar-refractivity contribution is 7.80. The minimum Gasteiger partial charge on any atom is -0.508 e. The second kappa shape index (κ2) is 15.9. The van der Waals surface area contributed by atoms with E-state index >= 15 is 0 Å². The van der Waals surface area contributed by atoms with Crippen molar-refractivity contribution in [2.24, 2.45) is 11.8 Å². The molecule has 10 nitrogen and oxygen atoms in total. The SMILES string of the molecule is CCC1=CC2Oc3cc(O)ccc3C3(OC(=O)c4cc(NC(=S)NCCOC(=O)C5=C(C)NC(c6ccncc6)C(CC)C5c5ccc(F)cc5Cl)ccc43)C2C=C1. The number of phenolic OH excluding ortho intramolecular Hbond substituents is 1. The Labute approximate surface area is 346 Å². The van der Waals surface area contributed by atoms with Crippen molar-refractivity contribution in [2.75, 3.05) is 18.5 Å². The van der Waals surface area contributed by atoms with Crippen molar-refractivity contribution in [3.8, 4) is 11.5 Å². The molecule has 8 rings (SSSR count). The van der Waals surface area contributed by atoms with Crippen LogP contribution in [-0.2, 0) is 19.9 Å². The Balaban J connectivity index is 0.962. The maximum Gasteiger partial charge on any atom is 0.339 e. The molecule has 0 bridgehead atoms. The Hall–Kier alpha value is -5.72. The van der Waals surface area contributed by atoms with Gasteiger partial charge in [-0.3, -0.25) is 4.98 Å². The van der Waals surface area contributed by atoms with E-state index in [1.54, 1.807) is 42.7 Å². The minimum absolute atomic E-state index is 0.00773. The second-order valence-electron chi connectivity index (χ2n) is 14.8. The molecule has 1 aromatic heterocycles. The fraction of sp³-hybridized carbons (Fsp3) is 0.289. The lowest BCUT2D eigenvalue weighted by Gasteiger charge is -2.45. The summed E-state index contributed by atoms with van der Waals surface area (Å²) in [5.74, 6) is -1.89. The number of benzene rings is 3. The summed E-state index contributed by atoms with van der Waals surface area (Å²) in [6.45, 7) is 6.14. The first-order valence-corrected chi connectivity index (χ1v) is 20.1. The summed E-state index contributed by atoms with van der Waals surface area (Å²) >= 11 is 12.2. The lowest BCUT2D eigenvalue weighted by atomic mass is 9.69. The zero-order valence-electron chi connectivity index (χ0n) is 32.1. The first kappa shape index (κ1) is 39.1. The van der Waals surface area contributed by atoms with Gasteiger partial charge in [-0.2, -0.15) is 0 Å². The van der Waals surface area contributed by atoms with E-state index < -0.39 is 35.4 Å². The van der Waals surface area contributed by atoms with E-state index in [1.807, 2.05) is 56.3 Å². The monoisotopic (exact) mass is 820 g/mol. The molecule has 3 aliphatic heterocycles. The average Bonchev–Trinajstić information content (AvgIpc) is 3.50. The number of allylic oxidation sites excluding steroid dienone is 3. The average molecular weight is 821 g/mol. The molecule has 13 heteroatoms. The number of nitrogens with one attached hydrogen (secondary N) is 3. The summed E-state index contributed by atoms with van der Waals surface area (Å²) in [6, 6.07) is 18.3. The van der Waals surface area contributed by atoms with Crippen LogP contribution in [0.2, 0.25) is 5.02 Å². The van der Waals surface area contributed by atoms with Crippen LogP contribution < -0.4 is 20.7 Å². The van der Waals surface area contributed by atoms with Crippen molar-refractivity contribution < 1.29 is 33.3 Å². The third-order valence-corrected chi connectivity index (χ3v) is 12.1. The molecule has 0 saturated carbocycles. The number of ether oxygens (including phenoxy) is 3. The lowest BCUT2D eigenvalue weighted by Crippen LogP contribution is -2.48. The number of aromatic nitrogens is 1. The molecular weight excluding hydrogens is 779 g/mol. The summed E-state index contributed by atoms with van der Waals surface area (Å²) in [6.07, 6.45) is 10.7. The highest BCUT2D eigenvalue weighted by Gasteiger charge is 2.58. The number of esters is 2. The number of fused-ring (bicyclic) bond motifs is 6. The Morgan fingerprint density at radius 3 is 2.64 bits per heavy atom. The predicted molar refractivity (Wildman–Crippen MR) is 222 cm³/mol. The molecular formula is C45H42ClFN4O6S. The standard InChI is InChI=1S/C45H42ClFN4O6S/c1-4-25-6-11-34-37(20-25)56-38-23-29(52)9-13-35(38)45(34)33-12-8-28(22-32(33)42(53)57-45)51-44(58)49-18-19-55-43(54)39-24(3)50-41(26-14-16-48-17-15-26)30(5-2)40(39)31-10-7-27(47)21-36(31)46/h6-17,20-23,30,34,37,40-41,50,52H,4-5,18-19H2,1-3H3,(H2,49,51,58). The summed E-state index contributed by atoms with van der Waals surface area (Å²) in [7, 11) is 0. The smallest absolute Gasteiger partial charge is 0.339 e. The molecule has 0 radical (unpaired) electrons. The van der Waals surface area contributed by atoms with Crippen LogP contribution in [0.25, 0.3) is 0 Å². The molecule has 0 fully saturated rings. The number of aromatic hydroxyl groups is 1. The highest BCUT2D eigenvalue weighted by atomic mass is 35.5. The molecule has 4 heterocycles. The number of anilines is 1. The predicted octanol–water partition coefficient (Wildman–Crippen LogP) is 8.54. The molecule has 4 aliphatic rings. The Kier molecular flexibility index (Phi) is 10.7. The number of nitrogens with zero attached hydrogens (tertiary/aromatic N) is 1. The largest absolute Gasteiger partial charge is 0.508 e. The molecule has 4 N–H and O–H groups in total. The van der Waals surface area contributed by atoms with Gasteiger partial charge in [-0.05, 0) is 103 Å². The van der Waals surface area contributed by atoms with Gasteiger partial charge in [0, 0.05) is 51.9 Å². The second-order valence-corrected chi connectivity index (χ2v) is 15.6. The van der Waals surface area contributed by atoms with Crippen LogP contribution >= 0.6 is 23.8 Å². The maximum atomic E-state index is 14.2. The highest BCUT2D eigenvalue weighted by Crippen LogP contribution is 2.56. The first-order valence-electron chi connectivity index (χ1n) is 19.3. The van der Waals surface area contributed by atoms with Gasteiger partial charge in [0.05, 0.1) is 29.6 Å². The lowest BCUT2D eigenvalue weighted by molar-refractivity contribution is -0.139. The summed E-state index contributed by atoms with van der Waals surface area (Å²) < 4.78 is 32.7. The summed E-state index contributed by atoms with van der Waals surface area (Å²) in [5.41, 5.74) is 4.97. The van der Waals surface area contributed by atoms with Crippen molar-refractivity contribution in [1.29, 1.82) is 0 Å². The topological polar surface area (TPSA) is 131 Å². The van der Waals surface area contributed by atoms with Crippen molar-refractivity contribution in [3.05, 3.63) is 153 Å². The Morgan fingerprint density at radius 2 is 1.88 bits per heavy atom. The third-order valence-electron chi connectivity index (χ3n) is 11.5. The van der Waals surface area contributed by atoms with Gasteiger partial charge < -0.3 is 35.3 Å². The van der Waals surface area contributed by atoms with Crippen molar-refractivity contribution in [2.45, 2.75) is 57.3 Å². The van der Waals surface area contributed by atoms with Crippen LogP contribution in [0.4, 0.5) is 10.1 Å². The Bertz CT molecular complexity index is 2410. The Morgan fingerprint density at radius 1 is 1.09 bits per heavy atom. The van der Waals surface area contributed by atoms with Crippen LogP contribution in [0, 0.1) is 17.7 Å². The van der Waals surface area contributed by atoms with E-state index in [1.165, 1.54) is 12.1 Å². The third kappa shape index (κ3) is 6.98. The molecule has 298 valence electrons. The van der Waals surface area contributed by atoms with Crippen molar-refractivity contribution in [3.63, 3.8) is 0 Å². The molecule has 4 aromatic rings. The number of rotatable bonds is 9. The molecule has 3 aromatic carbocycles. The number of carbonyl (C=O) groups excluding carboxylic acids is 2. The van der Waals surface area contributed by atoms with Crippen LogP contribution in [0.5, 0.6) is 11.5 Å². The van der Waals surface area contributed by atoms with E-state index in [2.05, 4.69) is 27.9 Å². The number of thiocarbonyl (C=S) groups is 1. The first-order chi connectivity index (χ1) is 28.0. The molecule has 6 unspecified atom stereocenters. The zero-order valence-corrected chi connectivity index (χ0v) is 33.6. The van der Waals surface area contributed by atoms with E-state index in [4.69, 9.17) is 38.0 Å². The molecule has 0 amide bonds. The van der Waals surface area contributed by atoms with Gasteiger partial charge in [0.25, 0.3) is 0 Å². The normalized spacial score (nSPS) is 24.1. The number of carbonyl (C=O) groups is 2. The van der Waals surface area contributed by atoms with Gasteiger partial charge in [0.2, 0.25) is 0 Å². The molecule has 6 atom stereocenters. The van der Waals surface area contributed by atoms with E-state index in [0.29, 0.717) is 51.4 Å². The van der Waals surface area contributed by atoms with Crippen LogP contribution in [0.3, 0.4) is 0 Å². The number of halogens is 2. The van der Waals surface area contributed by atoms with Gasteiger partial charge in [-0.25, -0.2) is 14.0 Å². The number of phenols is 1. The number of hydrogen-bond acceptors (Lipinski definition) is 9. The van der Waals surface area contributed by atoms with E-state index in [0.717, 1.165) is 17.6 Å². The summed E-state index contributed by atoms with van der Waals surface area (Å²) in [5, 5.41) is 20.5. The van der Waals surface area contributed by atoms with Crippen LogP contribution in [0.1, 0.15) is 78.2 Å². The maximum absolute atomic E-state index is 14.2. The summed E-state index contributed by atoms with van der Waals surface area (Å²) in [4.78, 5) is 31.7. The van der Waals surface area contributed by atoms with Gasteiger partial charge in [-0.1, -0.05) is 56.2 Å². The fourth-order valence-electron chi connectivity index (χ4n) is 8.89. The van der Waals surface area contributed by atoms with Gasteiger partial charge >= 0.3 is 11.9 Å². The molecule has 1 spiro atoms. The molecule has 1 aliphatic carbocycles. The van der Waals surface area contributed by atoms with Crippen molar-refractivity contribution in [1.82, 2.24) is 15.6 Å². The van der Waals surface area contributed by atoms with Gasteiger partial charge in [0.15, 0.2) is 10.7 Å².